The molecule has 0 aliphatic carbocycles. The number of rotatable bonds is 6. The minimum absolute atomic E-state index is 0.237. The largest absolute Gasteiger partial charge is 0.461 e. The summed E-state index contributed by atoms with van der Waals surface area (Å²) in [6.07, 6.45) is 5.62. The highest BCUT2D eigenvalue weighted by molar-refractivity contribution is 5.88. The summed E-state index contributed by atoms with van der Waals surface area (Å²) in [6, 6.07) is 9.98. The van der Waals surface area contributed by atoms with Gasteiger partial charge in [0.1, 0.15) is 6.61 Å². The molecular weight excluding hydrogens is 238 g/mol. The summed E-state index contributed by atoms with van der Waals surface area (Å²) >= 11 is 0. The maximum absolute atomic E-state index is 11.6. The molecule has 1 saturated heterocycles. The van der Waals surface area contributed by atoms with Crippen molar-refractivity contribution in [3.05, 3.63) is 53.6 Å². The molecule has 0 aromatic heterocycles. The summed E-state index contributed by atoms with van der Waals surface area (Å²) in [7, 11) is 0. The van der Waals surface area contributed by atoms with Crippen LogP contribution in [-0.4, -0.2) is 37.1 Å². The Morgan fingerprint density at radius 3 is 2.74 bits per heavy atom. The third-order valence-corrected chi connectivity index (χ3v) is 2.94. The highest BCUT2D eigenvalue weighted by Crippen LogP contribution is 2.05. The normalized spacial score (nSPS) is 15.7. The van der Waals surface area contributed by atoms with Crippen molar-refractivity contribution >= 4 is 12.0 Å². The lowest BCUT2D eigenvalue weighted by atomic mass is 10.2. The second kappa shape index (κ2) is 6.90. The molecule has 0 atom stereocenters. The van der Waals surface area contributed by atoms with Crippen molar-refractivity contribution in [1.82, 2.24) is 4.90 Å². The molecule has 1 fully saturated rings. The van der Waals surface area contributed by atoms with Gasteiger partial charge in [-0.05, 0) is 12.5 Å². The number of esters is 1. The van der Waals surface area contributed by atoms with Crippen LogP contribution in [0.4, 0.5) is 0 Å². The first kappa shape index (κ1) is 13.6. The predicted octanol–water partition coefficient (Wildman–Crippen LogP) is 2.50. The van der Waals surface area contributed by atoms with Crippen LogP contribution in [0.5, 0.6) is 0 Å². The number of carbonyl (C=O) groups is 1. The highest BCUT2D eigenvalue weighted by Gasteiger charge is 2.16. The van der Waals surface area contributed by atoms with Gasteiger partial charge in [-0.2, -0.15) is 0 Å². The van der Waals surface area contributed by atoms with Crippen molar-refractivity contribution in [1.29, 1.82) is 0 Å². The summed E-state index contributed by atoms with van der Waals surface area (Å²) < 4.78 is 5.17. The molecule has 19 heavy (non-hydrogen) atoms. The van der Waals surface area contributed by atoms with E-state index in [0.717, 1.165) is 25.2 Å². The maximum atomic E-state index is 11.6. The van der Waals surface area contributed by atoms with Gasteiger partial charge in [-0.25, -0.2) is 4.79 Å². The Balaban J connectivity index is 1.77. The number of hydrogen-bond donors (Lipinski definition) is 0. The van der Waals surface area contributed by atoms with Crippen molar-refractivity contribution in [3.8, 4) is 0 Å². The molecule has 2 rings (SSSR count). The predicted molar refractivity (Wildman–Crippen MR) is 76.6 cm³/mol. The average molecular weight is 257 g/mol. The molecule has 0 unspecified atom stereocenters. The van der Waals surface area contributed by atoms with Crippen LogP contribution in [0, 0.1) is 0 Å². The Bertz CT molecular complexity index is 473. The lowest BCUT2D eigenvalue weighted by molar-refractivity contribution is -0.139. The first-order valence-corrected chi connectivity index (χ1v) is 6.55. The molecule has 1 aromatic rings. The Labute approximate surface area is 114 Å². The number of nitrogens with zero attached hydrogens (tertiary/aromatic N) is 1. The zero-order chi connectivity index (χ0) is 13.5. The number of allylic oxidation sites excluding steroid dienone is 2. The van der Waals surface area contributed by atoms with E-state index in [2.05, 4.69) is 4.90 Å². The second-order valence-electron chi connectivity index (χ2n) is 4.60. The third-order valence-electron chi connectivity index (χ3n) is 2.94. The van der Waals surface area contributed by atoms with E-state index in [4.69, 9.17) is 4.74 Å². The molecule has 1 aromatic carbocycles. The molecule has 1 heterocycles. The zero-order valence-corrected chi connectivity index (χ0v) is 11.2. The van der Waals surface area contributed by atoms with E-state index >= 15 is 0 Å². The van der Waals surface area contributed by atoms with E-state index < -0.39 is 0 Å². The van der Waals surface area contributed by atoms with Gasteiger partial charge in [0.2, 0.25) is 0 Å². The summed E-state index contributed by atoms with van der Waals surface area (Å²) in [5.74, 6) is -0.237. The summed E-state index contributed by atoms with van der Waals surface area (Å²) in [4.78, 5) is 13.9. The van der Waals surface area contributed by atoms with E-state index in [-0.39, 0.29) is 5.97 Å². The van der Waals surface area contributed by atoms with Gasteiger partial charge in [-0.1, -0.05) is 48.6 Å². The Kier molecular flexibility index (Phi) is 4.93. The number of hydrogen-bond acceptors (Lipinski definition) is 3. The molecule has 3 nitrogen and oxygen atoms in total. The van der Waals surface area contributed by atoms with E-state index in [9.17, 15) is 4.79 Å². The van der Waals surface area contributed by atoms with Gasteiger partial charge in [-0.3, -0.25) is 4.90 Å². The van der Waals surface area contributed by atoms with Gasteiger partial charge in [0.25, 0.3) is 0 Å². The monoisotopic (exact) mass is 257 g/mol. The quantitative estimate of drug-likeness (QED) is 0.339. The fourth-order valence-electron chi connectivity index (χ4n) is 1.61. The van der Waals surface area contributed by atoms with Gasteiger partial charge in [0, 0.05) is 25.2 Å². The number of carbonyl (C=O) groups excluding carboxylic acids is 1. The summed E-state index contributed by atoms with van der Waals surface area (Å²) in [5, 5.41) is 0. The average Bonchev–Trinajstić information content (AvgIpc) is 3.24. The minimum atomic E-state index is -0.237. The number of benzene rings is 1. The van der Waals surface area contributed by atoms with Crippen LogP contribution >= 0.6 is 0 Å². The molecular formula is C16H19NO2. The first-order chi connectivity index (χ1) is 9.25. The molecule has 1 aliphatic heterocycles. The van der Waals surface area contributed by atoms with Crippen LogP contribution in [0.15, 0.2) is 48.1 Å². The van der Waals surface area contributed by atoms with E-state index in [0.29, 0.717) is 12.2 Å². The lowest BCUT2D eigenvalue weighted by Crippen LogP contribution is -2.13. The molecule has 3 heteroatoms. The van der Waals surface area contributed by atoms with Gasteiger partial charge in [0.15, 0.2) is 0 Å². The van der Waals surface area contributed by atoms with Crippen molar-refractivity contribution < 1.29 is 9.53 Å². The van der Waals surface area contributed by atoms with Crippen molar-refractivity contribution in [2.45, 2.75) is 6.92 Å². The van der Waals surface area contributed by atoms with Crippen LogP contribution in [0.25, 0.3) is 6.08 Å². The lowest BCUT2D eigenvalue weighted by Gasteiger charge is -2.04. The smallest absolute Gasteiger partial charge is 0.333 e. The van der Waals surface area contributed by atoms with Gasteiger partial charge in [0.05, 0.1) is 0 Å². The summed E-state index contributed by atoms with van der Waals surface area (Å²) in [6.45, 7) is 5.36. The maximum Gasteiger partial charge on any atom is 0.333 e. The second-order valence-corrected chi connectivity index (χ2v) is 4.60. The molecule has 0 bridgehead atoms. The Morgan fingerprint density at radius 2 is 2.05 bits per heavy atom. The standard InChI is InChI=1S/C16H19NO2/c1-14(16(18)19-13-12-17-10-11-17)6-5-9-15-7-3-2-4-8-15/h2-9H,10-13H2,1H3. The minimum Gasteiger partial charge on any atom is -0.461 e. The fourth-order valence-corrected chi connectivity index (χ4v) is 1.61. The molecule has 100 valence electrons. The van der Waals surface area contributed by atoms with E-state index in [1.165, 1.54) is 0 Å². The van der Waals surface area contributed by atoms with E-state index in [1.54, 1.807) is 13.0 Å². The van der Waals surface area contributed by atoms with Gasteiger partial charge < -0.3 is 4.74 Å². The topological polar surface area (TPSA) is 29.3 Å². The van der Waals surface area contributed by atoms with Gasteiger partial charge >= 0.3 is 5.97 Å². The molecule has 0 amide bonds. The Hall–Kier alpha value is -1.87. The van der Waals surface area contributed by atoms with Crippen molar-refractivity contribution in [2.24, 2.45) is 0 Å². The van der Waals surface area contributed by atoms with E-state index in [1.807, 2.05) is 42.5 Å². The molecule has 1 aliphatic rings. The summed E-state index contributed by atoms with van der Waals surface area (Å²) in [5.41, 5.74) is 1.74. The van der Waals surface area contributed by atoms with Gasteiger partial charge in [-0.15, -0.1) is 0 Å². The highest BCUT2D eigenvalue weighted by atomic mass is 16.5. The van der Waals surface area contributed by atoms with Crippen LogP contribution in [-0.2, 0) is 9.53 Å². The van der Waals surface area contributed by atoms with Crippen LogP contribution in [0.2, 0.25) is 0 Å². The zero-order valence-electron chi connectivity index (χ0n) is 11.2. The van der Waals surface area contributed by atoms with Crippen LogP contribution in [0.1, 0.15) is 12.5 Å². The van der Waals surface area contributed by atoms with Crippen LogP contribution < -0.4 is 0 Å². The third kappa shape index (κ3) is 5.10. The molecule has 0 saturated carbocycles. The van der Waals surface area contributed by atoms with Crippen molar-refractivity contribution in [2.75, 3.05) is 26.2 Å². The first-order valence-electron chi connectivity index (χ1n) is 6.55. The van der Waals surface area contributed by atoms with Crippen LogP contribution in [0.3, 0.4) is 0 Å². The SMILES string of the molecule is CC(=CC=Cc1ccccc1)C(=O)OCCN1CC1. The molecule has 0 radical (unpaired) electrons. The fraction of sp³-hybridized carbons (Fsp3) is 0.312. The Morgan fingerprint density at radius 1 is 1.32 bits per heavy atom. The van der Waals surface area contributed by atoms with Crippen molar-refractivity contribution in [3.63, 3.8) is 0 Å². The number of ether oxygens (including phenoxy) is 1. The molecule has 0 N–H and O–H groups in total. The molecule has 0 spiro atoms.